The maximum atomic E-state index is 11.7. The maximum Gasteiger partial charge on any atom is 0.224 e. The summed E-state index contributed by atoms with van der Waals surface area (Å²) in [5.74, 6) is 0.135. The lowest BCUT2D eigenvalue weighted by Crippen LogP contribution is -2.19. The van der Waals surface area contributed by atoms with Crippen LogP contribution < -0.4 is 10.1 Å². The van der Waals surface area contributed by atoms with Gasteiger partial charge in [0.15, 0.2) is 5.78 Å². The molecule has 0 heterocycles. The summed E-state index contributed by atoms with van der Waals surface area (Å²) in [6.07, 6.45) is 0.383. The van der Waals surface area contributed by atoms with Crippen LogP contribution in [0.25, 0.3) is 0 Å². The van der Waals surface area contributed by atoms with Gasteiger partial charge in [0, 0.05) is 12.1 Å². The quantitative estimate of drug-likeness (QED) is 0.571. The zero-order valence-electron chi connectivity index (χ0n) is 12.2. The number of aliphatic hydroxyl groups excluding tert-OH is 1. The van der Waals surface area contributed by atoms with Crippen LogP contribution in [0.1, 0.15) is 37.0 Å². The Morgan fingerprint density at radius 2 is 2.14 bits per heavy atom. The number of amides is 1. The van der Waals surface area contributed by atoms with Crippen molar-refractivity contribution in [2.24, 2.45) is 0 Å². The van der Waals surface area contributed by atoms with Crippen LogP contribution in [-0.2, 0) is 4.79 Å². The lowest BCUT2D eigenvalue weighted by Gasteiger charge is -2.14. The highest BCUT2D eigenvalue weighted by Gasteiger charge is 2.12. The average Bonchev–Trinajstić information content (AvgIpc) is 2.45. The second-order valence-electron chi connectivity index (χ2n) is 4.68. The summed E-state index contributed by atoms with van der Waals surface area (Å²) in [6, 6.07) is 4.82. The number of ether oxygens (including phenoxy) is 1. The molecule has 0 radical (unpaired) electrons. The summed E-state index contributed by atoms with van der Waals surface area (Å²) in [6.45, 7) is 3.34. The van der Waals surface area contributed by atoms with E-state index < -0.39 is 6.10 Å². The molecule has 0 aromatic heterocycles. The van der Waals surface area contributed by atoms with Crippen LogP contribution in [0, 0.1) is 0 Å². The molecule has 1 rings (SSSR count). The first-order valence-electron chi connectivity index (χ1n) is 6.79. The van der Waals surface area contributed by atoms with Gasteiger partial charge in [0.2, 0.25) is 5.91 Å². The van der Waals surface area contributed by atoms with Gasteiger partial charge in [-0.05, 0) is 31.5 Å². The molecule has 2 N–H and O–H groups in total. The highest BCUT2D eigenvalue weighted by Crippen LogP contribution is 2.24. The Morgan fingerprint density at radius 3 is 2.71 bits per heavy atom. The van der Waals surface area contributed by atoms with Crippen molar-refractivity contribution in [3.63, 3.8) is 0 Å². The van der Waals surface area contributed by atoms with Crippen LogP contribution in [0.5, 0.6) is 5.75 Å². The first-order valence-corrected chi connectivity index (χ1v) is 7.33. The van der Waals surface area contributed by atoms with E-state index in [0.717, 1.165) is 6.42 Å². The second kappa shape index (κ2) is 8.64. The van der Waals surface area contributed by atoms with Gasteiger partial charge >= 0.3 is 0 Å². The Balaban J connectivity index is 2.86. The second-order valence-corrected chi connectivity index (χ2v) is 4.99. The van der Waals surface area contributed by atoms with E-state index in [0.29, 0.717) is 23.4 Å². The highest BCUT2D eigenvalue weighted by molar-refractivity contribution is 6.18. The van der Waals surface area contributed by atoms with Crippen LogP contribution >= 0.6 is 11.6 Å². The molecule has 6 heteroatoms. The number of aliphatic hydroxyl groups is 1. The molecule has 0 unspecified atom stereocenters. The van der Waals surface area contributed by atoms with E-state index in [1.807, 2.05) is 6.92 Å². The van der Waals surface area contributed by atoms with E-state index in [-0.39, 0.29) is 24.2 Å². The molecule has 5 nitrogen and oxygen atoms in total. The number of alkyl halides is 1. The smallest absolute Gasteiger partial charge is 0.224 e. The normalized spacial score (nSPS) is 11.8. The Morgan fingerprint density at radius 1 is 1.43 bits per heavy atom. The van der Waals surface area contributed by atoms with Gasteiger partial charge in [-0.2, -0.15) is 0 Å². The molecule has 0 aliphatic carbocycles. The third kappa shape index (κ3) is 5.73. The SMILES string of the molecule is CCCC(=O)Nc1ccc(OC[C@@H](O)CCl)c(C(C)=O)c1. The summed E-state index contributed by atoms with van der Waals surface area (Å²) in [5, 5.41) is 12.1. The minimum atomic E-state index is -0.796. The van der Waals surface area contributed by atoms with E-state index >= 15 is 0 Å². The molecule has 0 saturated carbocycles. The van der Waals surface area contributed by atoms with Gasteiger partial charge in [0.05, 0.1) is 11.4 Å². The van der Waals surface area contributed by atoms with Crippen LogP contribution in [0.3, 0.4) is 0 Å². The third-order valence-corrected chi connectivity index (χ3v) is 3.09. The van der Waals surface area contributed by atoms with Gasteiger partial charge in [-0.25, -0.2) is 0 Å². The van der Waals surface area contributed by atoms with Gasteiger partial charge in [0.25, 0.3) is 0 Å². The summed E-state index contributed by atoms with van der Waals surface area (Å²) in [4.78, 5) is 23.2. The molecule has 21 heavy (non-hydrogen) atoms. The lowest BCUT2D eigenvalue weighted by molar-refractivity contribution is -0.116. The van der Waals surface area contributed by atoms with Gasteiger partial charge in [-0.15, -0.1) is 11.6 Å². The first-order chi connectivity index (χ1) is 9.97. The van der Waals surface area contributed by atoms with Crippen LogP contribution in [-0.4, -0.2) is 35.4 Å². The number of carbonyl (C=O) groups is 2. The number of rotatable bonds is 8. The van der Waals surface area contributed by atoms with E-state index in [2.05, 4.69) is 5.32 Å². The summed E-state index contributed by atoms with van der Waals surface area (Å²) in [7, 11) is 0. The number of anilines is 1. The minimum Gasteiger partial charge on any atom is -0.490 e. The number of hydrogen-bond donors (Lipinski definition) is 2. The Bertz CT molecular complexity index is 504. The predicted molar refractivity (Wildman–Crippen MR) is 82.2 cm³/mol. The van der Waals surface area contributed by atoms with Gasteiger partial charge < -0.3 is 15.2 Å². The lowest BCUT2D eigenvalue weighted by atomic mass is 10.1. The molecule has 0 fully saturated rings. The summed E-state index contributed by atoms with van der Waals surface area (Å²) >= 11 is 5.49. The Kier molecular flexibility index (Phi) is 7.19. The zero-order valence-corrected chi connectivity index (χ0v) is 12.9. The number of Topliss-reactive ketones (excluding diaryl/α,β-unsaturated/α-hetero) is 1. The number of ketones is 1. The first kappa shape index (κ1) is 17.5. The molecule has 116 valence electrons. The molecular formula is C15H20ClNO4. The average molecular weight is 314 g/mol. The van der Waals surface area contributed by atoms with Crippen molar-refractivity contribution < 1.29 is 19.4 Å². The molecule has 0 saturated heterocycles. The van der Waals surface area contributed by atoms with E-state index in [1.54, 1.807) is 18.2 Å². The largest absolute Gasteiger partial charge is 0.490 e. The van der Waals surface area contributed by atoms with Gasteiger partial charge in [-0.1, -0.05) is 6.92 Å². The van der Waals surface area contributed by atoms with Crippen LogP contribution in [0.15, 0.2) is 18.2 Å². The van der Waals surface area contributed by atoms with E-state index in [1.165, 1.54) is 6.92 Å². The highest BCUT2D eigenvalue weighted by atomic mass is 35.5. The maximum absolute atomic E-state index is 11.7. The fourth-order valence-corrected chi connectivity index (χ4v) is 1.78. The molecule has 1 aromatic rings. The van der Waals surface area contributed by atoms with Crippen LogP contribution in [0.2, 0.25) is 0 Å². The standard InChI is InChI=1S/C15H20ClNO4/c1-3-4-15(20)17-11-5-6-14(13(7-11)10(2)18)21-9-12(19)8-16/h5-7,12,19H,3-4,8-9H2,1-2H3,(H,17,20)/t12-/m0/s1. The fourth-order valence-electron chi connectivity index (χ4n) is 1.69. The van der Waals surface area contributed by atoms with E-state index in [4.69, 9.17) is 16.3 Å². The fraction of sp³-hybridized carbons (Fsp3) is 0.467. The van der Waals surface area contributed by atoms with Crippen LogP contribution in [0.4, 0.5) is 5.69 Å². The molecule has 0 aliphatic rings. The number of halogens is 1. The molecule has 1 atom stereocenters. The molecule has 0 spiro atoms. The molecule has 0 aliphatic heterocycles. The number of carbonyl (C=O) groups excluding carboxylic acids is 2. The van der Waals surface area contributed by atoms with Crippen molar-refractivity contribution in [2.45, 2.75) is 32.8 Å². The van der Waals surface area contributed by atoms with Crippen molar-refractivity contribution in [3.05, 3.63) is 23.8 Å². The molecule has 0 bridgehead atoms. The molecular weight excluding hydrogens is 294 g/mol. The predicted octanol–water partition coefficient (Wildman–Crippen LogP) is 2.61. The summed E-state index contributed by atoms with van der Waals surface area (Å²) in [5.41, 5.74) is 0.898. The van der Waals surface area contributed by atoms with Crippen molar-refractivity contribution in [3.8, 4) is 5.75 Å². The Hall–Kier alpha value is -1.59. The number of benzene rings is 1. The Labute approximate surface area is 129 Å². The third-order valence-electron chi connectivity index (χ3n) is 2.73. The molecule has 1 aromatic carbocycles. The van der Waals surface area contributed by atoms with Gasteiger partial charge in [-0.3, -0.25) is 9.59 Å². The number of nitrogens with one attached hydrogen (secondary N) is 1. The topological polar surface area (TPSA) is 75.6 Å². The van der Waals surface area contributed by atoms with Gasteiger partial charge in [0.1, 0.15) is 18.5 Å². The zero-order chi connectivity index (χ0) is 15.8. The van der Waals surface area contributed by atoms with Crippen molar-refractivity contribution >= 4 is 29.0 Å². The summed E-state index contributed by atoms with van der Waals surface area (Å²) < 4.78 is 5.39. The van der Waals surface area contributed by atoms with Crippen molar-refractivity contribution in [2.75, 3.05) is 17.8 Å². The van der Waals surface area contributed by atoms with Crippen molar-refractivity contribution in [1.29, 1.82) is 0 Å². The van der Waals surface area contributed by atoms with E-state index in [9.17, 15) is 14.7 Å². The number of hydrogen-bond acceptors (Lipinski definition) is 4. The monoisotopic (exact) mass is 313 g/mol. The minimum absolute atomic E-state index is 0.00528. The molecule has 1 amide bonds. The van der Waals surface area contributed by atoms with Crippen molar-refractivity contribution in [1.82, 2.24) is 0 Å².